The maximum atomic E-state index is 12.9. The second kappa shape index (κ2) is 8.23. The average Bonchev–Trinajstić information content (AvgIpc) is 2.70. The largest absolute Gasteiger partial charge is 0.322 e. The van der Waals surface area contributed by atoms with Gasteiger partial charge in [-0.3, -0.25) is 4.79 Å². The van der Waals surface area contributed by atoms with E-state index in [4.69, 9.17) is 0 Å². The number of hydrogen-bond donors (Lipinski definition) is 1. The number of carbonyl (C=O) groups is 1. The molecule has 1 N–H and O–H groups in total. The number of sulfonamides is 1. The highest BCUT2D eigenvalue weighted by Crippen LogP contribution is 2.25. The van der Waals surface area contributed by atoms with Crippen LogP contribution in [0.4, 0.5) is 5.69 Å². The van der Waals surface area contributed by atoms with E-state index in [9.17, 15) is 13.2 Å². The average molecular weight is 387 g/mol. The van der Waals surface area contributed by atoms with Crippen molar-refractivity contribution in [3.8, 4) is 0 Å². The summed E-state index contributed by atoms with van der Waals surface area (Å²) in [6.07, 6.45) is 3.76. The van der Waals surface area contributed by atoms with E-state index in [1.807, 2.05) is 19.1 Å². The first-order chi connectivity index (χ1) is 12.9. The van der Waals surface area contributed by atoms with E-state index in [0.29, 0.717) is 24.3 Å². The van der Waals surface area contributed by atoms with Gasteiger partial charge < -0.3 is 5.32 Å². The summed E-state index contributed by atoms with van der Waals surface area (Å²) in [7, 11) is -3.53. The first-order valence-corrected chi connectivity index (χ1v) is 10.9. The molecule has 2 aromatic rings. The summed E-state index contributed by atoms with van der Waals surface area (Å²) in [5.41, 5.74) is 3.07. The van der Waals surface area contributed by atoms with E-state index < -0.39 is 10.0 Å². The topological polar surface area (TPSA) is 66.5 Å². The van der Waals surface area contributed by atoms with Gasteiger partial charge in [0.2, 0.25) is 10.0 Å². The molecule has 0 spiro atoms. The molecule has 0 bridgehead atoms. The van der Waals surface area contributed by atoms with Crippen LogP contribution in [-0.4, -0.2) is 31.7 Å². The number of piperidine rings is 1. The molecule has 3 rings (SSSR count). The minimum absolute atomic E-state index is 0.228. The van der Waals surface area contributed by atoms with E-state index in [1.54, 1.807) is 30.3 Å². The summed E-state index contributed by atoms with van der Waals surface area (Å²) in [6.45, 7) is 5.03. The number of aryl methyl sites for hydroxylation is 2. The quantitative estimate of drug-likeness (QED) is 0.845. The third-order valence-electron chi connectivity index (χ3n) is 5.03. The molecule has 1 heterocycles. The maximum absolute atomic E-state index is 12.9. The van der Waals surface area contributed by atoms with Crippen molar-refractivity contribution in [1.82, 2.24) is 4.31 Å². The number of nitrogens with zero attached hydrogens (tertiary/aromatic N) is 1. The minimum atomic E-state index is -3.53. The molecule has 1 aliphatic rings. The molecule has 0 aromatic heterocycles. The highest BCUT2D eigenvalue weighted by Gasteiger charge is 2.26. The van der Waals surface area contributed by atoms with Crippen molar-refractivity contribution < 1.29 is 13.2 Å². The molecule has 1 saturated heterocycles. The Hall–Kier alpha value is -2.18. The summed E-state index contributed by atoms with van der Waals surface area (Å²) < 4.78 is 27.3. The molecule has 1 aliphatic heterocycles. The SMILES string of the molecule is CCc1ccc(C(=O)Nc2cc(S(=O)(=O)N3CCCCC3)ccc2C)cc1. The molecule has 0 atom stereocenters. The van der Waals surface area contributed by atoms with Crippen molar-refractivity contribution in [2.75, 3.05) is 18.4 Å². The zero-order valence-corrected chi connectivity index (χ0v) is 16.7. The second-order valence-corrected chi connectivity index (χ2v) is 8.88. The normalized spacial score (nSPS) is 15.5. The number of nitrogens with one attached hydrogen (secondary N) is 1. The predicted octanol–water partition coefficient (Wildman–Crippen LogP) is 3.98. The minimum Gasteiger partial charge on any atom is -0.322 e. The van der Waals surface area contributed by atoms with Gasteiger partial charge in [-0.1, -0.05) is 31.5 Å². The lowest BCUT2D eigenvalue weighted by atomic mass is 10.1. The van der Waals surface area contributed by atoms with Crippen LogP contribution in [0.25, 0.3) is 0 Å². The molecule has 0 saturated carbocycles. The van der Waals surface area contributed by atoms with Crippen LogP contribution < -0.4 is 5.32 Å². The summed E-state index contributed by atoms with van der Waals surface area (Å²) in [5, 5.41) is 2.86. The highest BCUT2D eigenvalue weighted by molar-refractivity contribution is 7.89. The van der Waals surface area contributed by atoms with Gasteiger partial charge in [0.05, 0.1) is 4.90 Å². The fourth-order valence-corrected chi connectivity index (χ4v) is 4.78. The number of rotatable bonds is 5. The Balaban J connectivity index is 1.83. The number of benzene rings is 2. The number of hydrogen-bond acceptors (Lipinski definition) is 3. The standard InChI is InChI=1S/C21H26N2O3S/c1-3-17-8-10-18(11-9-17)21(24)22-20-15-19(12-7-16(20)2)27(25,26)23-13-5-4-6-14-23/h7-12,15H,3-6,13-14H2,1-2H3,(H,22,24). The van der Waals surface area contributed by atoms with Crippen LogP contribution in [0.5, 0.6) is 0 Å². The summed E-state index contributed by atoms with van der Waals surface area (Å²) in [6, 6.07) is 12.4. The second-order valence-electron chi connectivity index (χ2n) is 6.95. The summed E-state index contributed by atoms with van der Waals surface area (Å²) >= 11 is 0. The molecule has 0 radical (unpaired) electrons. The van der Waals surface area contributed by atoms with Crippen molar-refractivity contribution in [2.45, 2.75) is 44.4 Å². The zero-order valence-electron chi connectivity index (χ0n) is 15.9. The van der Waals surface area contributed by atoms with Gasteiger partial charge in [0.1, 0.15) is 0 Å². The lowest BCUT2D eigenvalue weighted by Gasteiger charge is -2.26. The van der Waals surface area contributed by atoms with Crippen LogP contribution in [0.3, 0.4) is 0 Å². The highest BCUT2D eigenvalue weighted by atomic mass is 32.2. The Morgan fingerprint density at radius 1 is 1.04 bits per heavy atom. The van der Waals surface area contributed by atoms with Crippen LogP contribution in [0.1, 0.15) is 47.7 Å². The van der Waals surface area contributed by atoms with Crippen molar-refractivity contribution in [2.24, 2.45) is 0 Å². The van der Waals surface area contributed by atoms with Gasteiger partial charge in [-0.2, -0.15) is 4.31 Å². The fourth-order valence-electron chi connectivity index (χ4n) is 3.24. The molecule has 2 aromatic carbocycles. The Labute approximate surface area is 161 Å². The molecule has 27 heavy (non-hydrogen) atoms. The Bertz CT molecular complexity index is 915. The molecule has 0 aliphatic carbocycles. The maximum Gasteiger partial charge on any atom is 0.255 e. The van der Waals surface area contributed by atoms with Crippen LogP contribution in [0.15, 0.2) is 47.4 Å². The lowest BCUT2D eigenvalue weighted by Crippen LogP contribution is -2.35. The van der Waals surface area contributed by atoms with Crippen LogP contribution in [0.2, 0.25) is 0 Å². The van der Waals surface area contributed by atoms with Crippen molar-refractivity contribution >= 4 is 21.6 Å². The summed E-state index contributed by atoms with van der Waals surface area (Å²) in [4.78, 5) is 12.8. The Morgan fingerprint density at radius 2 is 1.70 bits per heavy atom. The van der Waals surface area contributed by atoms with E-state index in [-0.39, 0.29) is 10.8 Å². The molecular weight excluding hydrogens is 360 g/mol. The Morgan fingerprint density at radius 3 is 2.33 bits per heavy atom. The van der Waals surface area contributed by atoms with Gasteiger partial charge in [-0.05, 0) is 61.6 Å². The van der Waals surface area contributed by atoms with Gasteiger partial charge in [0, 0.05) is 24.3 Å². The van der Waals surface area contributed by atoms with E-state index in [1.165, 1.54) is 4.31 Å². The third kappa shape index (κ3) is 4.39. The number of carbonyl (C=O) groups excluding carboxylic acids is 1. The van der Waals surface area contributed by atoms with Gasteiger partial charge >= 0.3 is 0 Å². The van der Waals surface area contributed by atoms with Gasteiger partial charge in [-0.15, -0.1) is 0 Å². The first-order valence-electron chi connectivity index (χ1n) is 9.43. The van der Waals surface area contributed by atoms with Crippen molar-refractivity contribution in [3.05, 3.63) is 59.2 Å². The fraction of sp³-hybridized carbons (Fsp3) is 0.381. The zero-order chi connectivity index (χ0) is 19.4. The van der Waals surface area contributed by atoms with Crippen molar-refractivity contribution in [3.63, 3.8) is 0 Å². The van der Waals surface area contributed by atoms with Gasteiger partial charge in [0.25, 0.3) is 5.91 Å². The Kier molecular flexibility index (Phi) is 5.97. The molecule has 0 unspecified atom stereocenters. The van der Waals surface area contributed by atoms with Crippen LogP contribution in [-0.2, 0) is 16.4 Å². The smallest absolute Gasteiger partial charge is 0.255 e. The van der Waals surface area contributed by atoms with E-state index >= 15 is 0 Å². The molecule has 1 fully saturated rings. The molecule has 5 nitrogen and oxygen atoms in total. The predicted molar refractivity (Wildman–Crippen MR) is 108 cm³/mol. The molecular formula is C21H26N2O3S. The summed E-state index contributed by atoms with van der Waals surface area (Å²) in [5.74, 6) is -0.242. The van der Waals surface area contributed by atoms with Crippen molar-refractivity contribution in [1.29, 1.82) is 0 Å². The van der Waals surface area contributed by atoms with Gasteiger partial charge in [-0.25, -0.2) is 8.42 Å². The van der Waals surface area contributed by atoms with Gasteiger partial charge in [0.15, 0.2) is 0 Å². The molecule has 1 amide bonds. The third-order valence-corrected chi connectivity index (χ3v) is 6.93. The first kappa shape index (κ1) is 19.6. The molecule has 144 valence electrons. The van der Waals surface area contributed by atoms with E-state index in [0.717, 1.165) is 36.8 Å². The number of amides is 1. The molecule has 6 heteroatoms. The van der Waals surface area contributed by atoms with Crippen LogP contribution in [0, 0.1) is 6.92 Å². The number of anilines is 1. The monoisotopic (exact) mass is 386 g/mol. The lowest BCUT2D eigenvalue weighted by molar-refractivity contribution is 0.102. The van der Waals surface area contributed by atoms with E-state index in [2.05, 4.69) is 12.2 Å². The van der Waals surface area contributed by atoms with Crippen LogP contribution >= 0.6 is 0 Å².